The van der Waals surface area contributed by atoms with Gasteiger partial charge < -0.3 is 19.3 Å². The second kappa shape index (κ2) is 4.70. The van der Waals surface area contributed by atoms with E-state index in [0.29, 0.717) is 24.4 Å². The molecule has 6 rings (SSSR count). The topological polar surface area (TPSA) is 47.9 Å². The van der Waals surface area contributed by atoms with Crippen LogP contribution in [0.1, 0.15) is 52.4 Å². The summed E-state index contributed by atoms with van der Waals surface area (Å²) in [6, 6.07) is 0. The highest BCUT2D eigenvalue weighted by atomic mass is 16.7. The highest BCUT2D eigenvalue weighted by molar-refractivity contribution is 5.28. The summed E-state index contributed by atoms with van der Waals surface area (Å²) in [5.41, 5.74) is 1.81. The summed E-state index contributed by atoms with van der Waals surface area (Å²) >= 11 is 0. The first kappa shape index (κ1) is 15.6. The third-order valence-corrected chi connectivity index (χ3v) is 9.17. The number of allylic oxidation sites excluding steroid dienone is 1. The van der Waals surface area contributed by atoms with Gasteiger partial charge in [-0.2, -0.15) is 0 Å². The van der Waals surface area contributed by atoms with Crippen molar-refractivity contribution >= 4 is 0 Å². The molecule has 2 bridgehead atoms. The van der Waals surface area contributed by atoms with Gasteiger partial charge in [0, 0.05) is 17.3 Å². The molecule has 0 spiro atoms. The molecule has 0 unspecified atom stereocenters. The van der Waals surface area contributed by atoms with E-state index in [1.165, 1.54) is 18.4 Å². The van der Waals surface area contributed by atoms with Crippen LogP contribution in [0.5, 0.6) is 0 Å². The Bertz CT molecular complexity index is 646. The lowest BCUT2D eigenvalue weighted by molar-refractivity contribution is -0.355. The van der Waals surface area contributed by atoms with Crippen LogP contribution in [0.15, 0.2) is 11.6 Å². The van der Waals surface area contributed by atoms with Gasteiger partial charge in [-0.15, -0.1) is 0 Å². The molecule has 0 aromatic carbocycles. The average Bonchev–Trinajstić information content (AvgIpc) is 3.03. The van der Waals surface area contributed by atoms with Crippen molar-refractivity contribution in [3.8, 4) is 0 Å². The van der Waals surface area contributed by atoms with Gasteiger partial charge in [-0.25, -0.2) is 0 Å². The molecule has 4 heteroatoms. The highest BCUT2D eigenvalue weighted by Gasteiger charge is 2.76. The van der Waals surface area contributed by atoms with E-state index in [-0.39, 0.29) is 29.1 Å². The Morgan fingerprint density at radius 1 is 1.08 bits per heavy atom. The van der Waals surface area contributed by atoms with Crippen LogP contribution in [-0.2, 0) is 14.2 Å². The second-order valence-electron chi connectivity index (χ2n) is 9.98. The maximum absolute atomic E-state index is 10.2. The van der Waals surface area contributed by atoms with Crippen LogP contribution in [0.2, 0.25) is 0 Å². The standard InChI is InChI=1S/C21H30O4/c1-19-7-5-13(22)9-12(19)3-4-15-14(19)6-8-20(2)18-16-11-24-21(15,20)25-17(18)10-23-16/h3,13-18,22H,4-11H2,1-2H3/t13-,14-,15+,16+,17+,18-,19-,20+,21+/m0/s1. The van der Waals surface area contributed by atoms with Crippen molar-refractivity contribution in [2.45, 2.75) is 76.5 Å². The lowest BCUT2D eigenvalue weighted by Gasteiger charge is -2.63. The van der Waals surface area contributed by atoms with E-state index in [2.05, 4.69) is 19.9 Å². The summed E-state index contributed by atoms with van der Waals surface area (Å²) in [5, 5.41) is 10.2. The SMILES string of the molecule is C[C@]12CC[C@H](O)CC1=CC[C@@H]1[C@@H]2CC[C@]2(C)[C@H]3[C@H]4CO[C@@]12O[C@@H]3CO4. The normalized spacial score (nSPS) is 62.0. The van der Waals surface area contributed by atoms with Gasteiger partial charge in [-0.3, -0.25) is 0 Å². The molecule has 0 aromatic rings. The highest BCUT2D eigenvalue weighted by Crippen LogP contribution is 2.71. The molecule has 9 atom stereocenters. The average molecular weight is 346 g/mol. The van der Waals surface area contributed by atoms with Crippen molar-refractivity contribution in [2.24, 2.45) is 28.6 Å². The zero-order valence-corrected chi connectivity index (χ0v) is 15.4. The molecule has 3 heterocycles. The maximum Gasteiger partial charge on any atom is 0.178 e. The molecule has 4 nitrogen and oxygen atoms in total. The molecule has 2 saturated carbocycles. The molecule has 0 aromatic heterocycles. The monoisotopic (exact) mass is 346 g/mol. The lowest BCUT2D eigenvalue weighted by atomic mass is 9.47. The number of aliphatic hydroxyl groups is 1. The molecule has 6 aliphatic rings. The van der Waals surface area contributed by atoms with Crippen molar-refractivity contribution < 1.29 is 19.3 Å². The fourth-order valence-corrected chi connectivity index (χ4v) is 7.93. The summed E-state index contributed by atoms with van der Waals surface area (Å²) in [6.07, 6.45) is 9.14. The lowest BCUT2D eigenvalue weighted by Crippen LogP contribution is -2.66. The number of aliphatic hydroxyl groups excluding tert-OH is 1. The first-order valence-electron chi connectivity index (χ1n) is 10.3. The third kappa shape index (κ3) is 1.65. The molecule has 25 heavy (non-hydrogen) atoms. The smallest absolute Gasteiger partial charge is 0.178 e. The zero-order chi connectivity index (χ0) is 17.0. The number of hydrogen-bond acceptors (Lipinski definition) is 4. The molecule has 3 aliphatic carbocycles. The van der Waals surface area contributed by atoms with E-state index >= 15 is 0 Å². The van der Waals surface area contributed by atoms with E-state index in [0.717, 1.165) is 32.3 Å². The Kier molecular flexibility index (Phi) is 2.94. The van der Waals surface area contributed by atoms with E-state index in [9.17, 15) is 5.11 Å². The van der Waals surface area contributed by atoms with Gasteiger partial charge in [0.1, 0.15) is 0 Å². The van der Waals surface area contributed by atoms with Crippen LogP contribution in [0.3, 0.4) is 0 Å². The minimum Gasteiger partial charge on any atom is -0.393 e. The first-order chi connectivity index (χ1) is 12.0. The molecule has 0 radical (unpaired) electrons. The quantitative estimate of drug-likeness (QED) is 0.685. The second-order valence-corrected chi connectivity index (χ2v) is 9.98. The summed E-state index contributed by atoms with van der Waals surface area (Å²) < 4.78 is 19.3. The Balaban J connectivity index is 1.44. The van der Waals surface area contributed by atoms with Crippen molar-refractivity contribution in [1.29, 1.82) is 0 Å². The van der Waals surface area contributed by atoms with Crippen LogP contribution in [0.4, 0.5) is 0 Å². The Morgan fingerprint density at radius 2 is 1.96 bits per heavy atom. The molecule has 138 valence electrons. The maximum atomic E-state index is 10.2. The summed E-state index contributed by atoms with van der Waals surface area (Å²) in [7, 11) is 0. The number of hydrogen-bond donors (Lipinski definition) is 1. The number of fused-ring (bicyclic) bond motifs is 3. The predicted molar refractivity (Wildman–Crippen MR) is 91.8 cm³/mol. The molecular formula is C21H30O4. The van der Waals surface area contributed by atoms with Gasteiger partial charge in [-0.05, 0) is 49.9 Å². The van der Waals surface area contributed by atoms with Crippen LogP contribution < -0.4 is 0 Å². The molecule has 0 amide bonds. The van der Waals surface area contributed by atoms with Crippen LogP contribution in [0, 0.1) is 28.6 Å². The third-order valence-electron chi connectivity index (χ3n) is 9.17. The van der Waals surface area contributed by atoms with Crippen molar-refractivity contribution in [2.75, 3.05) is 13.2 Å². The molecule has 1 N–H and O–H groups in total. The van der Waals surface area contributed by atoms with Gasteiger partial charge in [0.25, 0.3) is 0 Å². The number of ether oxygens (including phenoxy) is 3. The first-order valence-corrected chi connectivity index (χ1v) is 10.3. The Morgan fingerprint density at radius 3 is 2.84 bits per heavy atom. The van der Waals surface area contributed by atoms with Gasteiger partial charge >= 0.3 is 0 Å². The predicted octanol–water partition coefficient (Wildman–Crippen LogP) is 3.04. The molecule has 3 aliphatic heterocycles. The van der Waals surface area contributed by atoms with Gasteiger partial charge in [-0.1, -0.05) is 25.5 Å². The van der Waals surface area contributed by atoms with Gasteiger partial charge in [0.05, 0.1) is 31.5 Å². The largest absolute Gasteiger partial charge is 0.393 e. The Labute approximate surface area is 149 Å². The molecule has 5 fully saturated rings. The summed E-state index contributed by atoms with van der Waals surface area (Å²) in [4.78, 5) is 0. The summed E-state index contributed by atoms with van der Waals surface area (Å²) in [5.74, 6) is 1.16. The van der Waals surface area contributed by atoms with Gasteiger partial charge in [0.2, 0.25) is 0 Å². The fourth-order valence-electron chi connectivity index (χ4n) is 7.93. The van der Waals surface area contributed by atoms with Crippen LogP contribution in [0.25, 0.3) is 0 Å². The Hall–Kier alpha value is -0.420. The van der Waals surface area contributed by atoms with Crippen molar-refractivity contribution in [3.63, 3.8) is 0 Å². The molecule has 3 saturated heterocycles. The van der Waals surface area contributed by atoms with Crippen molar-refractivity contribution in [1.82, 2.24) is 0 Å². The van der Waals surface area contributed by atoms with E-state index in [1.54, 1.807) is 0 Å². The fraction of sp³-hybridized carbons (Fsp3) is 0.905. The van der Waals surface area contributed by atoms with E-state index in [1.807, 2.05) is 0 Å². The van der Waals surface area contributed by atoms with Gasteiger partial charge in [0.15, 0.2) is 5.79 Å². The minimum absolute atomic E-state index is 0.0914. The zero-order valence-electron chi connectivity index (χ0n) is 15.4. The van der Waals surface area contributed by atoms with E-state index in [4.69, 9.17) is 14.2 Å². The van der Waals surface area contributed by atoms with Crippen LogP contribution in [-0.4, -0.2) is 42.4 Å². The summed E-state index contributed by atoms with van der Waals surface area (Å²) in [6.45, 7) is 6.32. The van der Waals surface area contributed by atoms with Crippen LogP contribution >= 0.6 is 0 Å². The minimum atomic E-state index is -0.410. The van der Waals surface area contributed by atoms with E-state index < -0.39 is 5.79 Å². The van der Waals surface area contributed by atoms with Crippen molar-refractivity contribution in [3.05, 3.63) is 11.6 Å². The number of rotatable bonds is 0. The molecular weight excluding hydrogens is 316 g/mol.